The van der Waals surface area contributed by atoms with Crippen molar-refractivity contribution in [3.63, 3.8) is 0 Å². The molecular weight excluding hydrogens is 392 g/mol. The van der Waals surface area contributed by atoms with E-state index in [-0.39, 0.29) is 0 Å². The maximum Gasteiger partial charge on any atom is 0.119 e. The van der Waals surface area contributed by atoms with E-state index in [0.717, 1.165) is 20.6 Å². The van der Waals surface area contributed by atoms with Gasteiger partial charge in [0.2, 0.25) is 0 Å². The van der Waals surface area contributed by atoms with Crippen LogP contribution in [0, 0.1) is 11.3 Å². The predicted octanol–water partition coefficient (Wildman–Crippen LogP) is 6.19. The van der Waals surface area contributed by atoms with Gasteiger partial charge < -0.3 is 0 Å². The first kappa shape index (κ1) is 16.1. The maximum atomic E-state index is 9.31. The van der Waals surface area contributed by atoms with Gasteiger partial charge in [0.1, 0.15) is 11.1 Å². The summed E-state index contributed by atoms with van der Waals surface area (Å²) in [7, 11) is 0. The van der Waals surface area contributed by atoms with E-state index < -0.39 is 0 Å². The molecule has 2 aromatic carbocycles. The summed E-state index contributed by atoms with van der Waals surface area (Å²) in [6.07, 6.45) is 0. The van der Waals surface area contributed by atoms with E-state index in [4.69, 9.17) is 11.6 Å². The molecule has 5 heteroatoms. The van der Waals surface area contributed by atoms with E-state index in [2.05, 4.69) is 27.0 Å². The third-order valence-electron chi connectivity index (χ3n) is 3.15. The Morgan fingerprint density at radius 3 is 2.30 bits per heavy atom. The minimum Gasteiger partial charge on any atom is -0.240 e. The summed E-state index contributed by atoms with van der Waals surface area (Å²) in [6, 6.07) is 21.3. The molecule has 0 spiro atoms. The number of pyridine rings is 1. The Kier molecular flexibility index (Phi) is 5.02. The summed E-state index contributed by atoms with van der Waals surface area (Å²) in [4.78, 5) is 5.68. The zero-order valence-electron chi connectivity index (χ0n) is 11.8. The third-order valence-corrected chi connectivity index (χ3v) is 4.94. The smallest absolute Gasteiger partial charge is 0.119 e. The van der Waals surface area contributed by atoms with Crippen molar-refractivity contribution in [3.8, 4) is 17.3 Å². The van der Waals surface area contributed by atoms with Crippen molar-refractivity contribution in [3.05, 3.63) is 75.7 Å². The van der Waals surface area contributed by atoms with Gasteiger partial charge in [0.25, 0.3) is 0 Å². The Morgan fingerprint density at radius 2 is 1.65 bits per heavy atom. The van der Waals surface area contributed by atoms with Gasteiger partial charge in [-0.1, -0.05) is 51.4 Å². The molecule has 0 aliphatic carbocycles. The minimum absolute atomic E-state index is 0.565. The SMILES string of the molecule is N#Cc1ccc(-c2ccc(Cl)cc2)nc1Sc1ccc(Br)cc1. The zero-order chi connectivity index (χ0) is 16.2. The van der Waals surface area contributed by atoms with E-state index in [1.165, 1.54) is 11.8 Å². The predicted molar refractivity (Wildman–Crippen MR) is 97.7 cm³/mol. The van der Waals surface area contributed by atoms with Crippen molar-refractivity contribution in [2.75, 3.05) is 0 Å². The quantitative estimate of drug-likeness (QED) is 0.525. The molecule has 0 bridgehead atoms. The van der Waals surface area contributed by atoms with Crippen LogP contribution in [-0.4, -0.2) is 4.98 Å². The van der Waals surface area contributed by atoms with E-state index in [1.807, 2.05) is 54.6 Å². The average Bonchev–Trinajstić information content (AvgIpc) is 2.57. The highest BCUT2D eigenvalue weighted by atomic mass is 79.9. The van der Waals surface area contributed by atoms with E-state index in [0.29, 0.717) is 15.6 Å². The lowest BCUT2D eigenvalue weighted by atomic mass is 10.1. The number of rotatable bonds is 3. The van der Waals surface area contributed by atoms with Gasteiger partial charge in [-0.2, -0.15) is 5.26 Å². The fourth-order valence-corrected chi connectivity index (χ4v) is 3.25. The van der Waals surface area contributed by atoms with Crippen LogP contribution in [0.2, 0.25) is 5.02 Å². The first-order valence-electron chi connectivity index (χ1n) is 6.76. The van der Waals surface area contributed by atoms with Gasteiger partial charge in [-0.15, -0.1) is 0 Å². The number of nitrogens with zero attached hydrogens (tertiary/aromatic N) is 2. The van der Waals surface area contributed by atoms with Gasteiger partial charge >= 0.3 is 0 Å². The largest absolute Gasteiger partial charge is 0.240 e. The highest BCUT2D eigenvalue weighted by Crippen LogP contribution is 2.31. The van der Waals surface area contributed by atoms with Gasteiger partial charge in [-0.25, -0.2) is 4.98 Å². The second-order valence-corrected chi connectivity index (χ2v) is 7.14. The Labute approximate surface area is 152 Å². The molecule has 0 radical (unpaired) electrons. The molecule has 0 saturated heterocycles. The molecule has 3 aromatic rings. The molecule has 0 atom stereocenters. The number of nitriles is 1. The molecule has 0 amide bonds. The van der Waals surface area contributed by atoms with Gasteiger partial charge in [0, 0.05) is 20.0 Å². The lowest BCUT2D eigenvalue weighted by molar-refractivity contribution is 1.11. The van der Waals surface area contributed by atoms with E-state index >= 15 is 0 Å². The molecular formula is C18H10BrClN2S. The van der Waals surface area contributed by atoms with Gasteiger partial charge in [0.05, 0.1) is 11.3 Å². The van der Waals surface area contributed by atoms with Crippen LogP contribution in [-0.2, 0) is 0 Å². The number of halogens is 2. The summed E-state index contributed by atoms with van der Waals surface area (Å²) >= 11 is 10.8. The van der Waals surface area contributed by atoms with Crippen molar-refractivity contribution < 1.29 is 0 Å². The lowest BCUT2D eigenvalue weighted by Gasteiger charge is -2.07. The van der Waals surface area contributed by atoms with Gasteiger partial charge in [-0.3, -0.25) is 0 Å². The second-order valence-electron chi connectivity index (χ2n) is 4.72. The molecule has 2 nitrogen and oxygen atoms in total. The first-order chi connectivity index (χ1) is 11.2. The molecule has 3 rings (SSSR count). The normalized spacial score (nSPS) is 10.3. The van der Waals surface area contributed by atoms with Crippen LogP contribution >= 0.6 is 39.3 Å². The molecule has 0 unspecified atom stereocenters. The fourth-order valence-electron chi connectivity index (χ4n) is 2.00. The Bertz CT molecular complexity index is 871. The van der Waals surface area contributed by atoms with Crippen LogP contribution in [0.15, 0.2) is 75.1 Å². The summed E-state index contributed by atoms with van der Waals surface area (Å²) in [5.41, 5.74) is 2.35. The fraction of sp³-hybridized carbons (Fsp3) is 0. The minimum atomic E-state index is 0.565. The van der Waals surface area contributed by atoms with Crippen molar-refractivity contribution in [2.45, 2.75) is 9.92 Å². The second kappa shape index (κ2) is 7.18. The number of benzene rings is 2. The summed E-state index contributed by atoms with van der Waals surface area (Å²) in [5, 5.41) is 10.7. The standard InChI is InChI=1S/C18H10BrClN2S/c19-14-4-8-16(9-5-14)23-18-13(11-21)3-10-17(22-18)12-1-6-15(20)7-2-12/h1-10H. The van der Waals surface area contributed by atoms with Gasteiger partial charge in [-0.05, 0) is 48.5 Å². The highest BCUT2D eigenvalue weighted by molar-refractivity contribution is 9.10. The summed E-state index contributed by atoms with van der Waals surface area (Å²) in [6.45, 7) is 0. The Balaban J connectivity index is 1.98. The topological polar surface area (TPSA) is 36.7 Å². The van der Waals surface area contributed by atoms with Crippen molar-refractivity contribution in [2.24, 2.45) is 0 Å². The molecule has 112 valence electrons. The van der Waals surface area contributed by atoms with Crippen molar-refractivity contribution in [1.29, 1.82) is 5.26 Å². The van der Waals surface area contributed by atoms with Gasteiger partial charge in [0.15, 0.2) is 0 Å². The van der Waals surface area contributed by atoms with E-state index in [1.54, 1.807) is 6.07 Å². The van der Waals surface area contributed by atoms with Crippen LogP contribution in [0.25, 0.3) is 11.3 Å². The van der Waals surface area contributed by atoms with Crippen molar-refractivity contribution >= 4 is 39.3 Å². The third kappa shape index (κ3) is 3.94. The first-order valence-corrected chi connectivity index (χ1v) is 8.75. The highest BCUT2D eigenvalue weighted by Gasteiger charge is 2.09. The number of hydrogen-bond donors (Lipinski definition) is 0. The van der Waals surface area contributed by atoms with Crippen LogP contribution < -0.4 is 0 Å². The summed E-state index contributed by atoms with van der Waals surface area (Å²) < 4.78 is 1.02. The zero-order valence-corrected chi connectivity index (χ0v) is 15.0. The Morgan fingerprint density at radius 1 is 0.957 bits per heavy atom. The molecule has 0 aliphatic heterocycles. The average molecular weight is 402 g/mol. The molecule has 23 heavy (non-hydrogen) atoms. The monoisotopic (exact) mass is 400 g/mol. The molecule has 0 saturated carbocycles. The Hall–Kier alpha value is -1.80. The maximum absolute atomic E-state index is 9.31. The molecule has 0 fully saturated rings. The van der Waals surface area contributed by atoms with Crippen LogP contribution in [0.4, 0.5) is 0 Å². The van der Waals surface area contributed by atoms with Crippen LogP contribution in [0.5, 0.6) is 0 Å². The number of aromatic nitrogens is 1. The molecule has 0 aliphatic rings. The number of hydrogen-bond acceptors (Lipinski definition) is 3. The van der Waals surface area contributed by atoms with Crippen molar-refractivity contribution in [1.82, 2.24) is 4.98 Å². The molecule has 1 heterocycles. The lowest BCUT2D eigenvalue weighted by Crippen LogP contribution is -1.90. The van der Waals surface area contributed by atoms with E-state index in [9.17, 15) is 5.26 Å². The summed E-state index contributed by atoms with van der Waals surface area (Å²) in [5.74, 6) is 0. The molecule has 1 aromatic heterocycles. The van der Waals surface area contributed by atoms with Crippen LogP contribution in [0.1, 0.15) is 5.56 Å². The molecule has 0 N–H and O–H groups in total. The van der Waals surface area contributed by atoms with Crippen LogP contribution in [0.3, 0.4) is 0 Å².